The Morgan fingerprint density at radius 1 is 1.22 bits per heavy atom. The smallest absolute Gasteiger partial charge is 0.353 e. The van der Waals surface area contributed by atoms with Gasteiger partial charge in [0.25, 0.3) is 0 Å². The Morgan fingerprint density at radius 2 is 1.95 bits per heavy atom. The van der Waals surface area contributed by atoms with E-state index in [1.54, 1.807) is 11.8 Å². The van der Waals surface area contributed by atoms with Gasteiger partial charge in [-0.05, 0) is 23.8 Å². The lowest BCUT2D eigenvalue weighted by Crippen LogP contribution is -2.66. The van der Waals surface area contributed by atoms with E-state index < -0.39 is 23.8 Å². The van der Waals surface area contributed by atoms with Crippen LogP contribution in [-0.2, 0) is 30.5 Å². The van der Waals surface area contributed by atoms with E-state index in [2.05, 4.69) is 26.2 Å². The number of carboxylic acids is 1. The Labute approximate surface area is 240 Å². The normalized spacial score (nSPS) is 28.8. The van der Waals surface area contributed by atoms with Crippen LogP contribution in [0.5, 0.6) is 0 Å². The zero-order valence-corrected chi connectivity index (χ0v) is 23.6. The van der Waals surface area contributed by atoms with Crippen LogP contribution in [0.25, 0.3) is 0 Å². The number of nitrogens with one attached hydrogen (secondary N) is 2. The molecule has 4 aliphatic heterocycles. The largest absolute Gasteiger partial charge is 0.477 e. The third-order valence-corrected chi connectivity index (χ3v) is 9.67. The second kappa shape index (κ2) is 11.7. The fraction of sp³-hybridized carbons (Fsp3) is 0.667. The van der Waals surface area contributed by atoms with Crippen molar-refractivity contribution in [3.05, 3.63) is 16.9 Å². The van der Waals surface area contributed by atoms with Crippen molar-refractivity contribution in [2.45, 2.75) is 50.2 Å². The maximum absolute atomic E-state index is 13.2. The summed E-state index contributed by atoms with van der Waals surface area (Å²) in [5.41, 5.74) is 5.26. The number of amides is 4. The van der Waals surface area contributed by atoms with E-state index in [0.29, 0.717) is 44.0 Å². The minimum atomic E-state index is -1.17. The molecule has 0 aromatic carbocycles. The summed E-state index contributed by atoms with van der Waals surface area (Å²) in [5.74, 6) is -3.08. The van der Waals surface area contributed by atoms with Crippen molar-refractivity contribution >= 4 is 41.4 Å². The van der Waals surface area contributed by atoms with Gasteiger partial charge in [0.2, 0.25) is 23.6 Å². The van der Waals surface area contributed by atoms with Crippen molar-refractivity contribution in [2.24, 2.45) is 17.6 Å². The van der Waals surface area contributed by atoms with Crippen LogP contribution in [0.4, 0.5) is 0 Å². The Hall–Kier alpha value is -3.57. The van der Waals surface area contributed by atoms with Gasteiger partial charge >= 0.3 is 5.97 Å². The van der Waals surface area contributed by atoms with Gasteiger partial charge in [-0.2, -0.15) is 0 Å². The average molecular weight is 591 g/mol. The second-order valence-electron chi connectivity index (χ2n) is 10.9. The molecule has 1 aromatic heterocycles. The Kier molecular flexibility index (Phi) is 8.28. The summed E-state index contributed by atoms with van der Waals surface area (Å²) < 4.78 is 1.27. The van der Waals surface area contributed by atoms with Crippen LogP contribution >= 0.6 is 11.8 Å². The molecule has 222 valence electrons. The molecular weight excluding hydrogens is 556 g/mol. The molecule has 0 radical (unpaired) electrons. The number of primary amides is 1. The number of piperazine rings is 1. The molecule has 0 spiro atoms. The van der Waals surface area contributed by atoms with Crippen LogP contribution < -0.4 is 16.4 Å². The highest BCUT2D eigenvalue weighted by molar-refractivity contribution is 8.03. The minimum absolute atomic E-state index is 0.0102. The molecule has 4 amide bonds. The van der Waals surface area contributed by atoms with E-state index in [1.165, 1.54) is 27.7 Å². The van der Waals surface area contributed by atoms with Crippen molar-refractivity contribution < 1.29 is 29.1 Å². The number of β-lactam (4-membered cyclic amide) rings is 1. The molecule has 4 aliphatic rings. The van der Waals surface area contributed by atoms with Crippen molar-refractivity contribution in [1.29, 1.82) is 0 Å². The van der Waals surface area contributed by atoms with Crippen LogP contribution in [-0.4, -0.2) is 132 Å². The molecule has 3 fully saturated rings. The summed E-state index contributed by atoms with van der Waals surface area (Å²) in [6, 6.07) is -1.29. The number of aliphatic carboxylic acids is 1. The molecule has 5 heterocycles. The second-order valence-corrected chi connectivity index (χ2v) is 12.2. The summed E-state index contributed by atoms with van der Waals surface area (Å²) in [7, 11) is 0. The number of carbonyl (C=O) groups excluding carboxylic acids is 4. The zero-order valence-electron chi connectivity index (χ0n) is 22.8. The molecule has 1 unspecified atom stereocenters. The maximum Gasteiger partial charge on any atom is 0.353 e. The molecule has 5 N–H and O–H groups in total. The van der Waals surface area contributed by atoms with Gasteiger partial charge in [-0.1, -0.05) is 6.92 Å². The van der Waals surface area contributed by atoms with E-state index in [1.807, 2.05) is 11.8 Å². The van der Waals surface area contributed by atoms with Crippen molar-refractivity contribution in [3.63, 3.8) is 0 Å². The number of hydrogen-bond donors (Lipinski definition) is 4. The first kappa shape index (κ1) is 28.9. The van der Waals surface area contributed by atoms with E-state index in [9.17, 15) is 29.1 Å². The Balaban J connectivity index is 1.19. The Morgan fingerprint density at radius 3 is 2.59 bits per heavy atom. The third kappa shape index (κ3) is 5.78. The van der Waals surface area contributed by atoms with Gasteiger partial charge in [0.15, 0.2) is 0 Å². The zero-order chi connectivity index (χ0) is 29.4. The van der Waals surface area contributed by atoms with Crippen LogP contribution in [0.3, 0.4) is 0 Å². The first-order valence-corrected chi connectivity index (χ1v) is 14.4. The lowest BCUT2D eigenvalue weighted by atomic mass is 9.78. The molecule has 3 saturated heterocycles. The minimum Gasteiger partial charge on any atom is -0.477 e. The van der Waals surface area contributed by atoms with Gasteiger partial charge in [0.05, 0.1) is 24.5 Å². The van der Waals surface area contributed by atoms with Gasteiger partial charge in [-0.25, -0.2) is 9.48 Å². The van der Waals surface area contributed by atoms with Crippen LogP contribution in [0.1, 0.15) is 20.3 Å². The number of nitrogens with zero attached hydrogens (tertiary/aromatic N) is 7. The van der Waals surface area contributed by atoms with Crippen LogP contribution in [0, 0.1) is 11.8 Å². The highest BCUT2D eigenvalue weighted by atomic mass is 32.2. The molecule has 5 rings (SSSR count). The first-order valence-electron chi connectivity index (χ1n) is 13.5. The highest BCUT2D eigenvalue weighted by Crippen LogP contribution is 2.51. The molecule has 6 atom stereocenters. The molecule has 0 saturated carbocycles. The first-order chi connectivity index (χ1) is 19.5. The van der Waals surface area contributed by atoms with Gasteiger partial charge in [-0.15, -0.1) is 16.9 Å². The highest BCUT2D eigenvalue weighted by Gasteiger charge is 2.60. The van der Waals surface area contributed by atoms with Gasteiger partial charge in [0, 0.05) is 54.8 Å². The molecule has 1 aromatic rings. The molecular formula is C24H34N10O6S. The van der Waals surface area contributed by atoms with E-state index in [4.69, 9.17) is 5.73 Å². The van der Waals surface area contributed by atoms with Crippen molar-refractivity contribution in [2.75, 3.05) is 39.3 Å². The number of nitrogens with two attached hydrogens (primary N) is 1. The number of hydrogen-bond acceptors (Lipinski definition) is 11. The SMILES string of the molecule is CC(NC(=O)Cn1cnnn1)[C@H]1C(=O)N2C(C(=O)O)=C(S[C@@H]3CN[C@H](C(=O)N4CCN(CC(N)=O)CC4)C3)[C@H](C)[C@H]12. The topological polar surface area (TPSA) is 209 Å². The van der Waals surface area contributed by atoms with Gasteiger partial charge < -0.3 is 31.3 Å². The summed E-state index contributed by atoms with van der Waals surface area (Å²) in [6.07, 6.45) is 1.84. The lowest BCUT2D eigenvalue weighted by Gasteiger charge is -2.47. The monoisotopic (exact) mass is 590 g/mol. The predicted molar refractivity (Wildman–Crippen MR) is 143 cm³/mol. The number of aromatic nitrogens is 4. The Bertz CT molecular complexity index is 1250. The maximum atomic E-state index is 13.2. The lowest BCUT2D eigenvalue weighted by molar-refractivity contribution is -0.158. The van der Waals surface area contributed by atoms with E-state index >= 15 is 0 Å². The number of thioether (sulfide) groups is 1. The molecule has 41 heavy (non-hydrogen) atoms. The number of fused-ring (bicyclic) bond motifs is 1. The van der Waals surface area contributed by atoms with Crippen LogP contribution in [0.15, 0.2) is 16.9 Å². The summed E-state index contributed by atoms with van der Waals surface area (Å²) in [4.78, 5) is 67.9. The van der Waals surface area contributed by atoms with E-state index in [-0.39, 0.29) is 59.8 Å². The molecule has 17 heteroatoms. The van der Waals surface area contributed by atoms with E-state index in [0.717, 1.165) is 0 Å². The van der Waals surface area contributed by atoms with Crippen molar-refractivity contribution in [3.8, 4) is 0 Å². The standard InChI is InChI=1S/C24H34N10O6S/c1-12-19-18(13(2)28-17(36)10-33-11-27-29-30-33)23(38)34(19)20(24(39)40)21(12)41-14-7-15(26-8-14)22(37)32-5-3-31(4-6-32)9-16(25)35/h11-15,18-19,26H,3-10H2,1-2H3,(H2,25,35)(H,28,36)(H,39,40)/t12-,13?,14+,15+,18-,19-/m1/s1. The molecule has 0 aliphatic carbocycles. The van der Waals surface area contributed by atoms with Gasteiger partial charge in [0.1, 0.15) is 18.6 Å². The number of carboxylic acid groups (broad SMARTS) is 1. The van der Waals surface area contributed by atoms with Crippen molar-refractivity contribution in [1.82, 2.24) is 45.5 Å². The number of tetrazole rings is 1. The summed E-state index contributed by atoms with van der Waals surface area (Å²) in [5, 5.41) is 26.8. The number of rotatable bonds is 10. The fourth-order valence-corrected chi connectivity index (χ4v) is 7.69. The number of carbonyl (C=O) groups is 5. The predicted octanol–water partition coefficient (Wildman–Crippen LogP) is -2.96. The van der Waals surface area contributed by atoms with Crippen LogP contribution in [0.2, 0.25) is 0 Å². The fourth-order valence-electron chi connectivity index (χ4n) is 6.21. The summed E-state index contributed by atoms with van der Waals surface area (Å²) >= 11 is 1.41. The third-order valence-electron chi connectivity index (χ3n) is 8.16. The molecule has 16 nitrogen and oxygen atoms in total. The molecule has 0 bridgehead atoms. The quantitative estimate of drug-likeness (QED) is 0.202. The van der Waals surface area contributed by atoms with Gasteiger partial charge in [-0.3, -0.25) is 24.1 Å². The summed E-state index contributed by atoms with van der Waals surface area (Å²) in [6.45, 7) is 6.42. The average Bonchev–Trinajstić information content (AvgIpc) is 3.64.